The molecular weight excluding hydrogens is 280 g/mol. The zero-order chi connectivity index (χ0) is 16.1. The van der Waals surface area contributed by atoms with Crippen LogP contribution in [0.3, 0.4) is 0 Å². The molecule has 4 nitrogen and oxygen atoms in total. The molecule has 1 fully saturated rings. The van der Waals surface area contributed by atoms with Crippen LogP contribution >= 0.6 is 0 Å². The summed E-state index contributed by atoms with van der Waals surface area (Å²) in [4.78, 5) is 24.5. The highest BCUT2D eigenvalue weighted by molar-refractivity contribution is 5.89. The van der Waals surface area contributed by atoms with Gasteiger partial charge in [-0.3, -0.25) is 4.79 Å². The topological polar surface area (TPSA) is 52.6 Å². The molecule has 4 heteroatoms. The van der Waals surface area contributed by atoms with Crippen LogP contribution in [0.1, 0.15) is 43.5 Å². The summed E-state index contributed by atoms with van der Waals surface area (Å²) in [5.74, 6) is -0.479. The molecule has 0 amide bonds. The number of methoxy groups -OCH3 is 1. The third kappa shape index (κ3) is 3.87. The lowest BCUT2D eigenvalue weighted by Crippen LogP contribution is -2.37. The molecule has 4 unspecified atom stereocenters. The van der Waals surface area contributed by atoms with Crippen molar-refractivity contribution < 1.29 is 19.1 Å². The van der Waals surface area contributed by atoms with E-state index in [9.17, 15) is 9.59 Å². The number of rotatable bonds is 3. The molecule has 0 saturated heterocycles. The summed E-state index contributed by atoms with van der Waals surface area (Å²) >= 11 is 0. The van der Waals surface area contributed by atoms with E-state index in [2.05, 4.69) is 6.92 Å². The summed E-state index contributed by atoms with van der Waals surface area (Å²) in [7, 11) is 1.39. The second-order valence-electron chi connectivity index (χ2n) is 6.25. The highest BCUT2D eigenvalue weighted by Crippen LogP contribution is 2.34. The lowest BCUT2D eigenvalue weighted by atomic mass is 9.87. The van der Waals surface area contributed by atoms with E-state index in [-0.39, 0.29) is 23.8 Å². The van der Waals surface area contributed by atoms with Gasteiger partial charge in [0, 0.05) is 0 Å². The number of esters is 2. The molecule has 0 N–H and O–H groups in total. The Morgan fingerprint density at radius 3 is 2.41 bits per heavy atom. The van der Waals surface area contributed by atoms with Crippen molar-refractivity contribution in [2.75, 3.05) is 7.11 Å². The fourth-order valence-corrected chi connectivity index (χ4v) is 3.18. The maximum Gasteiger partial charge on any atom is 0.338 e. The van der Waals surface area contributed by atoms with Crippen LogP contribution in [0, 0.1) is 17.8 Å². The summed E-state index contributed by atoms with van der Waals surface area (Å²) < 4.78 is 10.6. The quantitative estimate of drug-likeness (QED) is 0.634. The Hall–Kier alpha value is -1.84. The molecule has 4 atom stereocenters. The van der Waals surface area contributed by atoms with E-state index in [4.69, 9.17) is 9.47 Å². The monoisotopic (exact) mass is 304 g/mol. The predicted molar refractivity (Wildman–Crippen MR) is 83.3 cm³/mol. The fraction of sp³-hybridized carbons (Fsp3) is 0.556. The lowest BCUT2D eigenvalue weighted by Gasteiger charge is -2.27. The molecule has 1 aromatic carbocycles. The van der Waals surface area contributed by atoms with Crippen molar-refractivity contribution in [3.05, 3.63) is 35.9 Å². The maximum atomic E-state index is 12.3. The number of benzene rings is 1. The zero-order valence-corrected chi connectivity index (χ0v) is 13.5. The lowest BCUT2D eigenvalue weighted by molar-refractivity contribution is -0.152. The van der Waals surface area contributed by atoms with E-state index in [1.165, 1.54) is 7.11 Å². The van der Waals surface area contributed by atoms with Gasteiger partial charge in [-0.1, -0.05) is 38.5 Å². The van der Waals surface area contributed by atoms with Crippen molar-refractivity contribution in [1.29, 1.82) is 0 Å². The second-order valence-corrected chi connectivity index (χ2v) is 6.25. The van der Waals surface area contributed by atoms with Crippen LogP contribution < -0.4 is 0 Å². The first-order valence-electron chi connectivity index (χ1n) is 7.86. The third-order valence-corrected chi connectivity index (χ3v) is 4.50. The van der Waals surface area contributed by atoms with Crippen LogP contribution in [0.2, 0.25) is 0 Å². The Morgan fingerprint density at radius 1 is 1.09 bits per heavy atom. The van der Waals surface area contributed by atoms with Crippen molar-refractivity contribution in [2.45, 2.75) is 39.2 Å². The molecule has 1 saturated carbocycles. The van der Waals surface area contributed by atoms with Crippen LogP contribution in [0.25, 0.3) is 0 Å². The van der Waals surface area contributed by atoms with E-state index in [0.717, 1.165) is 12.8 Å². The van der Waals surface area contributed by atoms with Gasteiger partial charge >= 0.3 is 11.9 Å². The van der Waals surface area contributed by atoms with Gasteiger partial charge in [-0.15, -0.1) is 0 Å². The maximum absolute atomic E-state index is 12.3. The Balaban J connectivity index is 2.19. The van der Waals surface area contributed by atoms with Crippen LogP contribution in [-0.4, -0.2) is 25.2 Å². The minimum atomic E-state index is -0.423. The highest BCUT2D eigenvalue weighted by atomic mass is 16.6. The molecule has 1 aromatic rings. The van der Waals surface area contributed by atoms with Crippen molar-refractivity contribution >= 4 is 11.9 Å². The van der Waals surface area contributed by atoms with Gasteiger partial charge in [0.1, 0.15) is 6.10 Å². The number of carbonyl (C=O) groups is 2. The number of hydrogen-bond donors (Lipinski definition) is 0. The first kappa shape index (κ1) is 16.5. The van der Waals surface area contributed by atoms with E-state index >= 15 is 0 Å². The molecule has 22 heavy (non-hydrogen) atoms. The van der Waals surface area contributed by atoms with Gasteiger partial charge in [-0.2, -0.15) is 0 Å². The Morgan fingerprint density at radius 2 is 1.77 bits per heavy atom. The van der Waals surface area contributed by atoms with Gasteiger partial charge in [-0.05, 0) is 36.8 Å². The second kappa shape index (κ2) is 7.43. The molecule has 1 aliphatic rings. The van der Waals surface area contributed by atoms with E-state index in [0.29, 0.717) is 17.9 Å². The predicted octanol–water partition coefficient (Wildman–Crippen LogP) is 3.46. The van der Waals surface area contributed by atoms with Crippen molar-refractivity contribution in [2.24, 2.45) is 17.8 Å². The molecule has 120 valence electrons. The van der Waals surface area contributed by atoms with Gasteiger partial charge in [0.05, 0.1) is 18.6 Å². The molecule has 0 spiro atoms. The van der Waals surface area contributed by atoms with E-state index < -0.39 is 6.10 Å². The first-order valence-corrected chi connectivity index (χ1v) is 7.86. The van der Waals surface area contributed by atoms with E-state index in [1.807, 2.05) is 13.0 Å². The summed E-state index contributed by atoms with van der Waals surface area (Å²) in [5, 5.41) is 0. The molecule has 0 radical (unpaired) electrons. The van der Waals surface area contributed by atoms with Gasteiger partial charge in [0.25, 0.3) is 0 Å². The SMILES string of the molecule is COC(=O)C1C(C)CCC(C)CC1OC(=O)c1ccccc1. The average Bonchev–Trinajstić information content (AvgIpc) is 2.66. The minimum absolute atomic E-state index is 0.144. The molecule has 0 aliphatic heterocycles. The number of ether oxygens (including phenoxy) is 2. The van der Waals surface area contributed by atoms with Crippen LogP contribution in [-0.2, 0) is 14.3 Å². The van der Waals surface area contributed by atoms with Crippen LogP contribution in [0.4, 0.5) is 0 Å². The Labute approximate surface area is 131 Å². The highest BCUT2D eigenvalue weighted by Gasteiger charge is 2.39. The molecule has 0 aromatic heterocycles. The van der Waals surface area contributed by atoms with Crippen molar-refractivity contribution in [3.8, 4) is 0 Å². The van der Waals surface area contributed by atoms with E-state index in [1.54, 1.807) is 24.3 Å². The van der Waals surface area contributed by atoms with Crippen molar-refractivity contribution in [3.63, 3.8) is 0 Å². The molecular formula is C18H24O4. The summed E-state index contributed by atoms with van der Waals surface area (Å²) in [6.45, 7) is 4.17. The average molecular weight is 304 g/mol. The number of carbonyl (C=O) groups excluding carboxylic acids is 2. The summed E-state index contributed by atoms with van der Waals surface area (Å²) in [5.41, 5.74) is 0.510. The first-order chi connectivity index (χ1) is 10.5. The largest absolute Gasteiger partial charge is 0.469 e. The van der Waals surface area contributed by atoms with Gasteiger partial charge in [-0.25, -0.2) is 4.79 Å². The molecule has 1 aliphatic carbocycles. The normalized spacial score (nSPS) is 28.5. The van der Waals surface area contributed by atoms with Gasteiger partial charge < -0.3 is 9.47 Å². The third-order valence-electron chi connectivity index (χ3n) is 4.50. The Kier molecular flexibility index (Phi) is 5.58. The van der Waals surface area contributed by atoms with Gasteiger partial charge in [0.15, 0.2) is 0 Å². The minimum Gasteiger partial charge on any atom is -0.469 e. The summed E-state index contributed by atoms with van der Waals surface area (Å²) in [6, 6.07) is 8.89. The van der Waals surface area contributed by atoms with Crippen LogP contribution in [0.5, 0.6) is 0 Å². The molecule has 0 heterocycles. The summed E-state index contributed by atoms with van der Waals surface area (Å²) in [6.07, 6.45) is 2.25. The zero-order valence-electron chi connectivity index (χ0n) is 13.5. The number of hydrogen-bond acceptors (Lipinski definition) is 4. The Bertz CT molecular complexity index is 511. The van der Waals surface area contributed by atoms with Crippen LogP contribution in [0.15, 0.2) is 30.3 Å². The van der Waals surface area contributed by atoms with Gasteiger partial charge in [0.2, 0.25) is 0 Å². The van der Waals surface area contributed by atoms with Crippen molar-refractivity contribution in [1.82, 2.24) is 0 Å². The fourth-order valence-electron chi connectivity index (χ4n) is 3.18. The molecule has 2 rings (SSSR count). The smallest absolute Gasteiger partial charge is 0.338 e. The standard InChI is InChI=1S/C18H24O4/c1-12-9-10-13(2)16(18(20)21-3)15(11-12)22-17(19)14-7-5-4-6-8-14/h4-8,12-13,15-16H,9-11H2,1-3H3. The molecule has 0 bridgehead atoms.